The van der Waals surface area contributed by atoms with Crippen LogP contribution in [0.5, 0.6) is 0 Å². The summed E-state index contributed by atoms with van der Waals surface area (Å²) in [4.78, 5) is 21.0. The average Bonchev–Trinajstić information content (AvgIpc) is 2.43. The zero-order valence-electron chi connectivity index (χ0n) is 10.8. The molecule has 5 nitrogen and oxygen atoms in total. The molecule has 0 amide bonds. The lowest BCUT2D eigenvalue weighted by atomic mass is 9.98. The lowest BCUT2D eigenvalue weighted by Gasteiger charge is -2.08. The van der Waals surface area contributed by atoms with Gasteiger partial charge in [0.2, 0.25) is 0 Å². The van der Waals surface area contributed by atoms with Gasteiger partial charge in [-0.25, -0.2) is 13.6 Å². The van der Waals surface area contributed by atoms with E-state index in [0.29, 0.717) is 0 Å². The summed E-state index contributed by atoms with van der Waals surface area (Å²) in [6, 6.07) is 5.08. The molecule has 0 aromatic heterocycles. The Labute approximate surface area is 117 Å². The molecule has 0 heterocycles. The van der Waals surface area contributed by atoms with Crippen LogP contribution < -0.4 is 0 Å². The van der Waals surface area contributed by atoms with Crippen LogP contribution >= 0.6 is 0 Å². The van der Waals surface area contributed by atoms with Crippen LogP contribution in [0, 0.1) is 28.7 Å². The molecule has 21 heavy (non-hydrogen) atoms. The second kappa shape index (κ2) is 5.28. The number of carboxylic acid groups (broad SMARTS) is 1. The van der Waals surface area contributed by atoms with Crippen LogP contribution in [-0.2, 0) is 0 Å². The van der Waals surface area contributed by atoms with E-state index in [4.69, 9.17) is 5.11 Å². The topological polar surface area (TPSA) is 80.4 Å². The molecule has 7 heteroatoms. The van der Waals surface area contributed by atoms with Crippen molar-refractivity contribution >= 4 is 11.7 Å². The summed E-state index contributed by atoms with van der Waals surface area (Å²) in [7, 11) is 0. The second-order valence-electron chi connectivity index (χ2n) is 4.35. The van der Waals surface area contributed by atoms with Crippen LogP contribution in [0.15, 0.2) is 30.3 Å². The lowest BCUT2D eigenvalue weighted by molar-refractivity contribution is -0.384. The summed E-state index contributed by atoms with van der Waals surface area (Å²) in [6.07, 6.45) is 0. The number of aryl methyl sites for hydroxylation is 1. The molecule has 0 aliphatic rings. The maximum absolute atomic E-state index is 14.1. The van der Waals surface area contributed by atoms with E-state index in [0.717, 1.165) is 24.3 Å². The fraction of sp³-hybridized carbons (Fsp3) is 0.0714. The Morgan fingerprint density at radius 1 is 1.24 bits per heavy atom. The molecule has 0 atom stereocenters. The van der Waals surface area contributed by atoms with Crippen molar-refractivity contribution in [2.24, 2.45) is 0 Å². The number of nitro benzene ring substituents is 1. The van der Waals surface area contributed by atoms with E-state index in [1.165, 1.54) is 13.0 Å². The van der Waals surface area contributed by atoms with E-state index in [2.05, 4.69) is 0 Å². The quantitative estimate of drug-likeness (QED) is 0.693. The monoisotopic (exact) mass is 293 g/mol. The van der Waals surface area contributed by atoms with Gasteiger partial charge in [-0.1, -0.05) is 6.07 Å². The maximum Gasteiger partial charge on any atom is 0.335 e. The molecule has 0 aliphatic carbocycles. The smallest absolute Gasteiger partial charge is 0.335 e. The molecular weight excluding hydrogens is 284 g/mol. The van der Waals surface area contributed by atoms with Crippen LogP contribution in [0.2, 0.25) is 0 Å². The van der Waals surface area contributed by atoms with Gasteiger partial charge in [0.1, 0.15) is 11.6 Å². The van der Waals surface area contributed by atoms with Crippen molar-refractivity contribution in [2.75, 3.05) is 0 Å². The number of benzene rings is 2. The van der Waals surface area contributed by atoms with Gasteiger partial charge in [0.15, 0.2) is 0 Å². The summed E-state index contributed by atoms with van der Waals surface area (Å²) in [5.41, 5.74) is -1.72. The predicted molar refractivity (Wildman–Crippen MR) is 70.1 cm³/mol. The zero-order valence-corrected chi connectivity index (χ0v) is 10.8. The molecule has 2 aromatic carbocycles. The number of nitrogens with zero attached hydrogens (tertiary/aromatic N) is 1. The van der Waals surface area contributed by atoms with E-state index in [-0.39, 0.29) is 16.7 Å². The van der Waals surface area contributed by atoms with Crippen LogP contribution in [0.3, 0.4) is 0 Å². The Hall–Kier alpha value is -2.83. The van der Waals surface area contributed by atoms with Gasteiger partial charge in [-0.05, 0) is 30.7 Å². The van der Waals surface area contributed by atoms with Crippen molar-refractivity contribution < 1.29 is 23.6 Å². The minimum absolute atomic E-state index is 0.128. The van der Waals surface area contributed by atoms with Crippen molar-refractivity contribution in [1.82, 2.24) is 0 Å². The largest absolute Gasteiger partial charge is 0.478 e. The number of carboxylic acids is 1. The minimum Gasteiger partial charge on any atom is -0.478 e. The Morgan fingerprint density at radius 2 is 1.90 bits per heavy atom. The number of rotatable bonds is 3. The Balaban J connectivity index is 2.79. The number of halogens is 2. The molecule has 0 saturated carbocycles. The lowest BCUT2D eigenvalue weighted by Crippen LogP contribution is -2.02. The molecule has 0 spiro atoms. The third-order valence-electron chi connectivity index (χ3n) is 2.99. The number of carbonyl (C=O) groups is 1. The molecule has 0 fully saturated rings. The highest BCUT2D eigenvalue weighted by molar-refractivity contribution is 5.90. The predicted octanol–water partition coefficient (Wildman–Crippen LogP) is 3.55. The molecule has 0 saturated heterocycles. The van der Waals surface area contributed by atoms with Crippen LogP contribution in [0.25, 0.3) is 11.1 Å². The van der Waals surface area contributed by atoms with Gasteiger partial charge < -0.3 is 5.11 Å². The number of hydrogen-bond acceptors (Lipinski definition) is 3. The van der Waals surface area contributed by atoms with Crippen molar-refractivity contribution in [2.45, 2.75) is 6.92 Å². The Morgan fingerprint density at radius 3 is 2.48 bits per heavy atom. The SMILES string of the molecule is Cc1ccc(F)c(-c2ccc(C(=O)O)cc2[N+](=O)[O-])c1F. The third kappa shape index (κ3) is 2.58. The van der Waals surface area contributed by atoms with Crippen molar-refractivity contribution in [3.05, 3.63) is 63.2 Å². The van der Waals surface area contributed by atoms with E-state index in [1.54, 1.807) is 0 Å². The van der Waals surface area contributed by atoms with Crippen LogP contribution in [0.4, 0.5) is 14.5 Å². The zero-order chi connectivity index (χ0) is 15.7. The highest BCUT2D eigenvalue weighted by Crippen LogP contribution is 2.35. The fourth-order valence-electron chi connectivity index (χ4n) is 1.93. The molecule has 108 valence electrons. The third-order valence-corrected chi connectivity index (χ3v) is 2.99. The summed E-state index contributed by atoms with van der Waals surface area (Å²) in [5.74, 6) is -3.24. The minimum atomic E-state index is -1.37. The van der Waals surface area contributed by atoms with E-state index < -0.39 is 33.8 Å². The van der Waals surface area contributed by atoms with Gasteiger partial charge >= 0.3 is 5.97 Å². The molecule has 1 N–H and O–H groups in total. The van der Waals surface area contributed by atoms with Gasteiger partial charge in [-0.2, -0.15) is 0 Å². The molecule has 0 radical (unpaired) electrons. The first-order valence-electron chi connectivity index (χ1n) is 5.79. The molecule has 0 aliphatic heterocycles. The highest BCUT2D eigenvalue weighted by Gasteiger charge is 2.24. The van der Waals surface area contributed by atoms with Crippen LogP contribution in [0.1, 0.15) is 15.9 Å². The average molecular weight is 293 g/mol. The summed E-state index contributed by atoms with van der Waals surface area (Å²) in [5, 5.41) is 19.9. The molecule has 0 unspecified atom stereocenters. The van der Waals surface area contributed by atoms with Crippen molar-refractivity contribution in [3.8, 4) is 11.1 Å². The van der Waals surface area contributed by atoms with Gasteiger partial charge in [0.05, 0.1) is 21.6 Å². The van der Waals surface area contributed by atoms with Crippen molar-refractivity contribution in [3.63, 3.8) is 0 Å². The fourth-order valence-corrected chi connectivity index (χ4v) is 1.93. The van der Waals surface area contributed by atoms with Gasteiger partial charge in [-0.15, -0.1) is 0 Å². The first-order chi connectivity index (χ1) is 9.82. The number of hydrogen-bond donors (Lipinski definition) is 1. The summed E-state index contributed by atoms with van der Waals surface area (Å²) in [6.45, 7) is 1.40. The molecular formula is C14H9F2NO4. The van der Waals surface area contributed by atoms with Gasteiger partial charge in [0.25, 0.3) is 5.69 Å². The maximum atomic E-state index is 14.1. The summed E-state index contributed by atoms with van der Waals surface area (Å²) < 4.78 is 27.9. The van der Waals surface area contributed by atoms with Gasteiger partial charge in [0, 0.05) is 6.07 Å². The normalized spacial score (nSPS) is 10.4. The number of aromatic carboxylic acids is 1. The molecule has 2 aromatic rings. The standard InChI is InChI=1S/C14H9F2NO4/c1-7-2-5-10(15)12(13(7)16)9-4-3-8(14(18)19)6-11(9)17(20)21/h2-6H,1H3,(H,18,19). The second-order valence-corrected chi connectivity index (χ2v) is 4.35. The summed E-state index contributed by atoms with van der Waals surface area (Å²) >= 11 is 0. The van der Waals surface area contributed by atoms with E-state index in [1.807, 2.05) is 0 Å². The highest BCUT2D eigenvalue weighted by atomic mass is 19.1. The van der Waals surface area contributed by atoms with E-state index >= 15 is 0 Å². The van der Waals surface area contributed by atoms with Crippen molar-refractivity contribution in [1.29, 1.82) is 0 Å². The first-order valence-corrected chi connectivity index (χ1v) is 5.79. The van der Waals surface area contributed by atoms with E-state index in [9.17, 15) is 23.7 Å². The first kappa shape index (κ1) is 14.6. The number of nitro groups is 1. The molecule has 2 rings (SSSR count). The molecule has 0 bridgehead atoms. The Kier molecular flexibility index (Phi) is 3.66. The Bertz CT molecular complexity index is 759. The van der Waals surface area contributed by atoms with Crippen LogP contribution in [-0.4, -0.2) is 16.0 Å². The van der Waals surface area contributed by atoms with Gasteiger partial charge in [-0.3, -0.25) is 10.1 Å².